The lowest BCUT2D eigenvalue weighted by Crippen LogP contribution is -2.46. The summed E-state index contributed by atoms with van der Waals surface area (Å²) in [5.74, 6) is 0.0696. The first-order valence-electron chi connectivity index (χ1n) is 7.91. The number of anilines is 1. The molecule has 0 spiro atoms. The molecule has 1 amide bonds. The van der Waals surface area contributed by atoms with E-state index in [0.29, 0.717) is 24.5 Å². The Morgan fingerprint density at radius 3 is 3.00 bits per heavy atom. The quantitative estimate of drug-likeness (QED) is 0.925. The van der Waals surface area contributed by atoms with Crippen molar-refractivity contribution in [2.45, 2.75) is 19.6 Å². The van der Waals surface area contributed by atoms with Crippen molar-refractivity contribution in [1.82, 2.24) is 14.7 Å². The first kappa shape index (κ1) is 16.6. The van der Waals surface area contributed by atoms with E-state index in [1.54, 1.807) is 29.1 Å². The Hall–Kier alpha value is -2.25. The van der Waals surface area contributed by atoms with Crippen LogP contribution >= 0.6 is 0 Å². The van der Waals surface area contributed by atoms with Gasteiger partial charge in [0.25, 0.3) is 5.91 Å². The second-order valence-corrected chi connectivity index (χ2v) is 6.04. The predicted octanol–water partition coefficient (Wildman–Crippen LogP) is 1.65. The molecule has 0 bridgehead atoms. The average molecular weight is 332 g/mol. The van der Waals surface area contributed by atoms with E-state index in [4.69, 9.17) is 4.74 Å². The van der Waals surface area contributed by atoms with Gasteiger partial charge in [-0.05, 0) is 20.0 Å². The van der Waals surface area contributed by atoms with Gasteiger partial charge in [-0.25, -0.2) is 9.07 Å². The lowest BCUT2D eigenvalue weighted by molar-refractivity contribution is -0.132. The molecule has 0 aliphatic carbocycles. The van der Waals surface area contributed by atoms with Crippen molar-refractivity contribution in [3.05, 3.63) is 47.4 Å². The van der Waals surface area contributed by atoms with Gasteiger partial charge in [-0.1, -0.05) is 18.2 Å². The molecule has 1 aromatic heterocycles. The Morgan fingerprint density at radius 2 is 2.25 bits per heavy atom. The van der Waals surface area contributed by atoms with E-state index in [-0.39, 0.29) is 18.3 Å². The van der Waals surface area contributed by atoms with Crippen LogP contribution in [0.15, 0.2) is 30.5 Å². The highest BCUT2D eigenvalue weighted by Gasteiger charge is 2.26. The molecule has 7 heteroatoms. The number of carbonyl (C=O) groups excluding carboxylic acids is 1. The molecular weight excluding hydrogens is 311 g/mol. The Labute approximate surface area is 140 Å². The van der Waals surface area contributed by atoms with Crippen LogP contribution in [0.1, 0.15) is 11.1 Å². The lowest BCUT2D eigenvalue weighted by Gasteiger charge is -2.29. The van der Waals surface area contributed by atoms with Crippen molar-refractivity contribution in [3.63, 3.8) is 0 Å². The summed E-state index contributed by atoms with van der Waals surface area (Å²) in [6, 6.07) is 6.54. The third-order valence-electron chi connectivity index (χ3n) is 4.10. The molecule has 1 saturated heterocycles. The molecule has 1 N–H and O–H groups in total. The number of rotatable bonds is 4. The van der Waals surface area contributed by atoms with Crippen molar-refractivity contribution in [2.24, 2.45) is 0 Å². The molecule has 1 atom stereocenters. The zero-order valence-electron chi connectivity index (χ0n) is 13.8. The monoisotopic (exact) mass is 332 g/mol. The summed E-state index contributed by atoms with van der Waals surface area (Å²) in [5, 5.41) is 7.13. The number of likely N-dealkylation sites (N-methyl/N-ethyl adjacent to an activating group) is 1. The SMILES string of the molecule is Cc1cnn(Cc2ccccc2F)c1NC(=O)[C@@H]1CN(C)CCO1. The van der Waals surface area contributed by atoms with Crippen LogP contribution in [-0.4, -0.2) is 53.4 Å². The van der Waals surface area contributed by atoms with Gasteiger partial charge in [0.05, 0.1) is 19.3 Å². The number of aryl methyl sites for hydroxylation is 1. The van der Waals surface area contributed by atoms with E-state index in [1.807, 2.05) is 14.0 Å². The standard InChI is InChI=1S/C17H21FN4O2/c1-12-9-19-22(10-13-5-3-4-6-14(13)18)16(12)20-17(23)15-11-21(2)7-8-24-15/h3-6,9,15H,7-8,10-11H2,1-2H3,(H,20,23)/t15-/m0/s1. The molecule has 3 rings (SSSR count). The summed E-state index contributed by atoms with van der Waals surface area (Å²) in [5.41, 5.74) is 1.34. The summed E-state index contributed by atoms with van der Waals surface area (Å²) in [4.78, 5) is 14.5. The summed E-state index contributed by atoms with van der Waals surface area (Å²) in [7, 11) is 1.95. The molecule has 2 aromatic rings. The molecule has 0 radical (unpaired) electrons. The number of aromatic nitrogens is 2. The van der Waals surface area contributed by atoms with Crippen molar-refractivity contribution in [2.75, 3.05) is 32.1 Å². The maximum absolute atomic E-state index is 13.9. The van der Waals surface area contributed by atoms with Crippen LogP contribution < -0.4 is 5.32 Å². The van der Waals surface area contributed by atoms with Gasteiger partial charge in [-0.3, -0.25) is 4.79 Å². The van der Waals surface area contributed by atoms with Crippen LogP contribution in [-0.2, 0) is 16.1 Å². The normalized spacial score (nSPS) is 18.5. The number of ether oxygens (including phenoxy) is 1. The van der Waals surface area contributed by atoms with Crippen molar-refractivity contribution >= 4 is 11.7 Å². The zero-order valence-corrected chi connectivity index (χ0v) is 13.8. The number of benzene rings is 1. The highest BCUT2D eigenvalue weighted by molar-refractivity contribution is 5.94. The molecule has 1 aliphatic rings. The fourth-order valence-corrected chi connectivity index (χ4v) is 2.68. The Bertz CT molecular complexity index is 731. The molecule has 1 fully saturated rings. The van der Waals surface area contributed by atoms with Crippen LogP contribution in [0.3, 0.4) is 0 Å². The first-order chi connectivity index (χ1) is 11.5. The average Bonchev–Trinajstić information content (AvgIpc) is 2.90. The van der Waals surface area contributed by atoms with Crippen LogP contribution in [0.5, 0.6) is 0 Å². The molecule has 0 unspecified atom stereocenters. The van der Waals surface area contributed by atoms with Gasteiger partial charge in [0.1, 0.15) is 17.7 Å². The van der Waals surface area contributed by atoms with E-state index < -0.39 is 6.10 Å². The fraction of sp³-hybridized carbons (Fsp3) is 0.412. The Morgan fingerprint density at radius 1 is 1.46 bits per heavy atom. The van der Waals surface area contributed by atoms with E-state index in [2.05, 4.69) is 15.3 Å². The molecule has 24 heavy (non-hydrogen) atoms. The highest BCUT2D eigenvalue weighted by Crippen LogP contribution is 2.18. The van der Waals surface area contributed by atoms with E-state index in [0.717, 1.165) is 12.1 Å². The summed E-state index contributed by atoms with van der Waals surface area (Å²) in [6.07, 6.45) is 1.14. The van der Waals surface area contributed by atoms with Crippen LogP contribution in [0.4, 0.5) is 10.2 Å². The van der Waals surface area contributed by atoms with Gasteiger partial charge >= 0.3 is 0 Å². The minimum absolute atomic E-state index is 0.208. The van der Waals surface area contributed by atoms with Crippen LogP contribution in [0.2, 0.25) is 0 Å². The third-order valence-corrected chi connectivity index (χ3v) is 4.10. The molecular formula is C17H21FN4O2. The van der Waals surface area contributed by atoms with Gasteiger partial charge in [0.2, 0.25) is 0 Å². The number of morpholine rings is 1. The topological polar surface area (TPSA) is 59.4 Å². The molecule has 2 heterocycles. The van der Waals surface area contributed by atoms with Gasteiger partial charge in [-0.2, -0.15) is 5.10 Å². The fourth-order valence-electron chi connectivity index (χ4n) is 2.68. The van der Waals surface area contributed by atoms with Gasteiger partial charge in [0, 0.05) is 24.2 Å². The zero-order chi connectivity index (χ0) is 17.1. The van der Waals surface area contributed by atoms with Crippen molar-refractivity contribution in [3.8, 4) is 0 Å². The van der Waals surface area contributed by atoms with E-state index in [1.165, 1.54) is 6.07 Å². The van der Waals surface area contributed by atoms with Crippen LogP contribution in [0, 0.1) is 12.7 Å². The number of halogens is 1. The highest BCUT2D eigenvalue weighted by atomic mass is 19.1. The first-order valence-corrected chi connectivity index (χ1v) is 7.91. The number of hydrogen-bond acceptors (Lipinski definition) is 4. The number of nitrogens with zero attached hydrogens (tertiary/aromatic N) is 3. The molecule has 6 nitrogen and oxygen atoms in total. The Balaban J connectivity index is 1.75. The van der Waals surface area contributed by atoms with E-state index >= 15 is 0 Å². The smallest absolute Gasteiger partial charge is 0.255 e. The maximum atomic E-state index is 13.9. The van der Waals surface area contributed by atoms with E-state index in [9.17, 15) is 9.18 Å². The minimum Gasteiger partial charge on any atom is -0.366 e. The largest absolute Gasteiger partial charge is 0.366 e. The molecule has 128 valence electrons. The number of hydrogen-bond donors (Lipinski definition) is 1. The van der Waals surface area contributed by atoms with Crippen LogP contribution in [0.25, 0.3) is 0 Å². The molecule has 1 aromatic carbocycles. The molecule has 1 aliphatic heterocycles. The minimum atomic E-state index is -0.514. The second kappa shape index (κ2) is 7.11. The predicted molar refractivity (Wildman–Crippen MR) is 88.3 cm³/mol. The second-order valence-electron chi connectivity index (χ2n) is 6.04. The third kappa shape index (κ3) is 3.63. The van der Waals surface area contributed by atoms with Gasteiger partial charge in [0.15, 0.2) is 0 Å². The van der Waals surface area contributed by atoms with Gasteiger partial charge in [-0.15, -0.1) is 0 Å². The molecule has 0 saturated carbocycles. The number of carbonyl (C=O) groups is 1. The lowest BCUT2D eigenvalue weighted by atomic mass is 10.2. The maximum Gasteiger partial charge on any atom is 0.255 e. The van der Waals surface area contributed by atoms with Crippen molar-refractivity contribution < 1.29 is 13.9 Å². The van der Waals surface area contributed by atoms with Gasteiger partial charge < -0.3 is 15.0 Å². The summed E-state index contributed by atoms with van der Waals surface area (Å²) in [6.45, 7) is 4.00. The number of amides is 1. The Kier molecular flexibility index (Phi) is 4.92. The van der Waals surface area contributed by atoms with Crippen molar-refractivity contribution in [1.29, 1.82) is 0 Å². The number of nitrogens with one attached hydrogen (secondary N) is 1. The summed E-state index contributed by atoms with van der Waals surface area (Å²) >= 11 is 0. The summed E-state index contributed by atoms with van der Waals surface area (Å²) < 4.78 is 21.0.